The lowest BCUT2D eigenvalue weighted by Gasteiger charge is -2.30. The Morgan fingerprint density at radius 3 is 2.86 bits per heavy atom. The topological polar surface area (TPSA) is 35.6 Å². The van der Waals surface area contributed by atoms with Gasteiger partial charge in [-0.05, 0) is 25.7 Å². The molecule has 0 saturated heterocycles. The van der Waals surface area contributed by atoms with Crippen molar-refractivity contribution >= 4 is 22.8 Å². The van der Waals surface area contributed by atoms with Crippen LogP contribution in [0.1, 0.15) is 56.6 Å². The lowest BCUT2D eigenvalue weighted by atomic mass is 9.84. The Balaban J connectivity index is 2.07. The van der Waals surface area contributed by atoms with Crippen molar-refractivity contribution in [3.05, 3.63) is 11.5 Å². The lowest BCUT2D eigenvalue weighted by molar-refractivity contribution is 0.260. The van der Waals surface area contributed by atoms with Gasteiger partial charge in [0.15, 0.2) is 5.65 Å². The zero-order valence-electron chi connectivity index (χ0n) is 13.3. The number of aryl methyl sites for hydroxylation is 3. The Morgan fingerprint density at radius 2 is 2.14 bits per heavy atom. The number of imidazole rings is 1. The second-order valence-corrected chi connectivity index (χ2v) is 6.69. The van der Waals surface area contributed by atoms with Gasteiger partial charge < -0.3 is 4.57 Å². The first-order valence-corrected chi connectivity index (χ1v) is 8.65. The fraction of sp³-hybridized carbons (Fsp3) is 0.750. The van der Waals surface area contributed by atoms with Crippen molar-refractivity contribution in [2.45, 2.75) is 58.4 Å². The van der Waals surface area contributed by atoms with Crippen LogP contribution in [0.5, 0.6) is 0 Å². The lowest BCUT2D eigenvalue weighted by Crippen LogP contribution is -2.21. The van der Waals surface area contributed by atoms with Crippen LogP contribution in [0.4, 0.5) is 0 Å². The first kappa shape index (κ1) is 14.9. The summed E-state index contributed by atoms with van der Waals surface area (Å²) in [5.41, 5.74) is 3.25. The van der Waals surface area contributed by atoms with Gasteiger partial charge >= 0.3 is 0 Å². The molecule has 0 bridgehead atoms. The minimum atomic E-state index is 0.557. The van der Waals surface area contributed by atoms with Crippen LogP contribution in [0.2, 0.25) is 0 Å². The van der Waals surface area contributed by atoms with Crippen LogP contribution in [0.25, 0.3) is 11.2 Å². The summed E-state index contributed by atoms with van der Waals surface area (Å²) in [7, 11) is 2.03. The molecule has 0 spiro atoms. The summed E-state index contributed by atoms with van der Waals surface area (Å²) in [6, 6.07) is 0.557. The molecule has 2 atom stereocenters. The Kier molecular flexibility index (Phi) is 4.25. The highest BCUT2D eigenvalue weighted by Crippen LogP contribution is 2.37. The van der Waals surface area contributed by atoms with Gasteiger partial charge in [0.1, 0.15) is 11.3 Å². The molecule has 1 fully saturated rings. The van der Waals surface area contributed by atoms with E-state index in [0.29, 0.717) is 11.9 Å². The molecule has 0 amide bonds. The smallest absolute Gasteiger partial charge is 0.158 e. The van der Waals surface area contributed by atoms with Crippen LogP contribution < -0.4 is 0 Å². The van der Waals surface area contributed by atoms with E-state index in [1.807, 2.05) is 18.7 Å². The second kappa shape index (κ2) is 5.99. The predicted octanol–water partition coefficient (Wildman–Crippen LogP) is 4.00. The van der Waals surface area contributed by atoms with Gasteiger partial charge in [0.2, 0.25) is 0 Å². The Bertz CT molecular complexity index is 628. The zero-order chi connectivity index (χ0) is 15.0. The van der Waals surface area contributed by atoms with Crippen LogP contribution in [0, 0.1) is 12.8 Å². The third kappa shape index (κ3) is 2.59. The molecule has 1 aliphatic carbocycles. The van der Waals surface area contributed by atoms with E-state index in [1.54, 1.807) is 0 Å². The molecule has 0 N–H and O–H groups in total. The van der Waals surface area contributed by atoms with Gasteiger partial charge in [0.25, 0.3) is 0 Å². The highest BCUT2D eigenvalue weighted by molar-refractivity contribution is 6.17. The maximum atomic E-state index is 6.00. The number of halogens is 1. The largest absolute Gasteiger partial charge is 0.310 e. The van der Waals surface area contributed by atoms with Crippen LogP contribution in [-0.2, 0) is 13.5 Å². The van der Waals surface area contributed by atoms with Crippen molar-refractivity contribution in [2.75, 3.05) is 5.88 Å². The maximum Gasteiger partial charge on any atom is 0.158 e. The minimum absolute atomic E-state index is 0.557. The van der Waals surface area contributed by atoms with E-state index in [9.17, 15) is 0 Å². The van der Waals surface area contributed by atoms with E-state index in [2.05, 4.69) is 16.6 Å². The summed E-state index contributed by atoms with van der Waals surface area (Å²) in [6.45, 7) is 4.35. The average Bonchev–Trinajstić information content (AvgIpc) is 2.98. The van der Waals surface area contributed by atoms with Crippen LogP contribution in [-0.4, -0.2) is 25.2 Å². The van der Waals surface area contributed by atoms with Gasteiger partial charge in [-0.25, -0.2) is 4.98 Å². The summed E-state index contributed by atoms with van der Waals surface area (Å²) in [6.07, 6.45) is 7.33. The molecule has 0 aromatic carbocycles. The Hall–Kier alpha value is -1.03. The van der Waals surface area contributed by atoms with Crippen molar-refractivity contribution in [3.8, 4) is 0 Å². The van der Waals surface area contributed by atoms with E-state index in [1.165, 1.54) is 37.8 Å². The summed E-state index contributed by atoms with van der Waals surface area (Å²) < 4.78 is 4.44. The number of hydrogen-bond donors (Lipinski definition) is 0. The number of aromatic nitrogens is 4. The first-order valence-electron chi connectivity index (χ1n) is 8.12. The van der Waals surface area contributed by atoms with Crippen LogP contribution in [0.15, 0.2) is 0 Å². The number of fused-ring (bicyclic) bond motifs is 1. The molecule has 2 heterocycles. The molecule has 1 aliphatic rings. The normalized spacial score (nSPS) is 23.0. The SMILES string of the molecule is CCC1CCCC(n2c(CCCl)nc3c(C)nn(C)c32)C1. The van der Waals surface area contributed by atoms with E-state index in [4.69, 9.17) is 16.6 Å². The predicted molar refractivity (Wildman–Crippen MR) is 86.9 cm³/mol. The van der Waals surface area contributed by atoms with E-state index in [-0.39, 0.29) is 0 Å². The van der Waals surface area contributed by atoms with Crippen molar-refractivity contribution < 1.29 is 0 Å². The van der Waals surface area contributed by atoms with Crippen molar-refractivity contribution in [2.24, 2.45) is 13.0 Å². The Labute approximate surface area is 131 Å². The number of alkyl halides is 1. The molecule has 21 heavy (non-hydrogen) atoms. The van der Waals surface area contributed by atoms with Crippen molar-refractivity contribution in [1.82, 2.24) is 19.3 Å². The van der Waals surface area contributed by atoms with Crippen molar-refractivity contribution in [1.29, 1.82) is 0 Å². The molecule has 1 saturated carbocycles. The monoisotopic (exact) mass is 308 g/mol. The highest BCUT2D eigenvalue weighted by atomic mass is 35.5. The third-order valence-corrected chi connectivity index (χ3v) is 5.11. The van der Waals surface area contributed by atoms with Crippen LogP contribution >= 0.6 is 11.6 Å². The molecule has 2 aromatic heterocycles. The molecule has 116 valence electrons. The number of hydrogen-bond acceptors (Lipinski definition) is 2. The van der Waals surface area contributed by atoms with Gasteiger partial charge in [-0.2, -0.15) is 5.10 Å². The van der Waals surface area contributed by atoms with Crippen LogP contribution in [0.3, 0.4) is 0 Å². The number of nitrogens with zero attached hydrogens (tertiary/aromatic N) is 4. The maximum absolute atomic E-state index is 6.00. The molecule has 2 aromatic rings. The van der Waals surface area contributed by atoms with Gasteiger partial charge in [0, 0.05) is 25.4 Å². The minimum Gasteiger partial charge on any atom is -0.310 e. The standard InChI is InChI=1S/C16H25ClN4/c1-4-12-6-5-7-13(10-12)21-14(8-9-17)18-15-11(2)19-20(3)16(15)21/h12-13H,4-10H2,1-3H3. The molecular weight excluding hydrogens is 284 g/mol. The van der Waals surface area contributed by atoms with Gasteiger partial charge in [-0.1, -0.05) is 26.2 Å². The molecule has 0 radical (unpaired) electrons. The summed E-state index contributed by atoms with van der Waals surface area (Å²) in [4.78, 5) is 4.84. The summed E-state index contributed by atoms with van der Waals surface area (Å²) in [5.74, 6) is 2.61. The fourth-order valence-electron chi connectivity index (χ4n) is 3.85. The van der Waals surface area contributed by atoms with Gasteiger partial charge in [-0.3, -0.25) is 4.68 Å². The average molecular weight is 309 g/mol. The first-order chi connectivity index (χ1) is 10.2. The van der Waals surface area contributed by atoms with E-state index >= 15 is 0 Å². The molecule has 4 nitrogen and oxygen atoms in total. The Morgan fingerprint density at radius 1 is 1.33 bits per heavy atom. The quantitative estimate of drug-likeness (QED) is 0.800. The fourth-order valence-corrected chi connectivity index (χ4v) is 4.02. The second-order valence-electron chi connectivity index (χ2n) is 6.31. The molecule has 3 rings (SSSR count). The molecule has 5 heteroatoms. The van der Waals surface area contributed by atoms with E-state index < -0.39 is 0 Å². The summed E-state index contributed by atoms with van der Waals surface area (Å²) >= 11 is 6.00. The molecule has 0 aliphatic heterocycles. The van der Waals surface area contributed by atoms with Gasteiger partial charge in [0.05, 0.1) is 5.69 Å². The third-order valence-electron chi connectivity index (χ3n) is 4.92. The zero-order valence-corrected chi connectivity index (χ0v) is 14.0. The number of rotatable bonds is 4. The highest BCUT2D eigenvalue weighted by Gasteiger charge is 2.27. The van der Waals surface area contributed by atoms with Gasteiger partial charge in [-0.15, -0.1) is 11.6 Å². The van der Waals surface area contributed by atoms with Crippen molar-refractivity contribution in [3.63, 3.8) is 0 Å². The molecule has 2 unspecified atom stereocenters. The van der Waals surface area contributed by atoms with E-state index in [0.717, 1.165) is 29.4 Å². The summed E-state index contributed by atoms with van der Waals surface area (Å²) in [5, 5.41) is 4.55. The molecular formula is C16H25ClN4.